The lowest BCUT2D eigenvalue weighted by Gasteiger charge is -2.43. The molecule has 0 spiro atoms. The number of rotatable bonds is 8. The number of likely N-dealkylation sites (tertiary alicyclic amines) is 1. The van der Waals surface area contributed by atoms with Gasteiger partial charge in [-0.15, -0.1) is 0 Å². The van der Waals surface area contributed by atoms with Gasteiger partial charge in [-0.05, 0) is 79.6 Å². The van der Waals surface area contributed by atoms with Crippen molar-refractivity contribution in [2.45, 2.75) is 89.6 Å². The molecular formula is C30H40BNO6. The highest BCUT2D eigenvalue weighted by Crippen LogP contribution is 2.51. The third-order valence-electron chi connectivity index (χ3n) is 9.04. The first kappa shape index (κ1) is 27.2. The van der Waals surface area contributed by atoms with Crippen LogP contribution in [0.4, 0.5) is 0 Å². The number of amides is 2. The number of hydrogen-bond acceptors (Lipinski definition) is 6. The van der Waals surface area contributed by atoms with Crippen molar-refractivity contribution in [3.63, 3.8) is 0 Å². The maximum absolute atomic E-state index is 13.8. The van der Waals surface area contributed by atoms with Gasteiger partial charge in [-0.1, -0.05) is 56.4 Å². The number of carbonyl (C=O) groups is 2. The molecule has 3 N–H and O–H groups in total. The zero-order chi connectivity index (χ0) is 26.8. The average Bonchev–Trinajstić information content (AvgIpc) is 3.17. The number of phenols is 1. The normalized spacial score (nSPS) is 28.7. The number of benzene rings is 1. The third-order valence-corrected chi connectivity index (χ3v) is 9.04. The second kappa shape index (κ2) is 11.8. The van der Waals surface area contributed by atoms with E-state index in [9.17, 15) is 24.8 Å². The number of aliphatic hydroxyl groups is 1. The fourth-order valence-electron chi connectivity index (χ4n) is 7.35. The first-order valence-corrected chi connectivity index (χ1v) is 14.4. The zero-order valence-electron chi connectivity index (χ0n) is 22.3. The van der Waals surface area contributed by atoms with E-state index in [1.807, 2.05) is 12.1 Å². The molecule has 1 aromatic carbocycles. The van der Waals surface area contributed by atoms with E-state index in [1.165, 1.54) is 5.57 Å². The Balaban J connectivity index is 1.39. The summed E-state index contributed by atoms with van der Waals surface area (Å²) >= 11 is 0. The molecule has 1 saturated carbocycles. The molecule has 2 aliphatic heterocycles. The number of nitrogens with zero attached hydrogens (tertiary/aromatic N) is 1. The molecule has 2 heterocycles. The highest BCUT2D eigenvalue weighted by atomic mass is 16.5. The number of aliphatic hydroxyl groups excluding tert-OH is 1. The SMILES string of the molecule is CCC/C(=C\c1ccc(O)cc1)CC[C@H]1OB(O)C[C@H]2C1=C(CO)C[C@H]1C(=O)N(C3CCCCC3)C(=O)[C@H]12. The Hall–Kier alpha value is -2.42. The first-order valence-electron chi connectivity index (χ1n) is 14.4. The predicted octanol–water partition coefficient (Wildman–Crippen LogP) is 4.48. The molecule has 3 fully saturated rings. The Bertz CT molecular complexity index is 1090. The fourth-order valence-corrected chi connectivity index (χ4v) is 7.35. The van der Waals surface area contributed by atoms with E-state index in [1.54, 1.807) is 17.0 Å². The minimum Gasteiger partial charge on any atom is -0.508 e. The van der Waals surface area contributed by atoms with Crippen molar-refractivity contribution >= 4 is 25.0 Å². The number of allylic oxidation sites excluding steroid dienone is 1. The van der Waals surface area contributed by atoms with Gasteiger partial charge in [0.15, 0.2) is 0 Å². The summed E-state index contributed by atoms with van der Waals surface area (Å²) < 4.78 is 6.05. The van der Waals surface area contributed by atoms with Crippen LogP contribution in [0.5, 0.6) is 5.75 Å². The Morgan fingerprint density at radius 1 is 1.08 bits per heavy atom. The molecule has 1 aromatic rings. The number of carbonyl (C=O) groups excluding carboxylic acids is 2. The summed E-state index contributed by atoms with van der Waals surface area (Å²) in [7, 11) is -1.00. The lowest BCUT2D eigenvalue weighted by atomic mass is 9.58. The minimum atomic E-state index is -1.00. The van der Waals surface area contributed by atoms with Gasteiger partial charge in [-0.3, -0.25) is 14.5 Å². The van der Waals surface area contributed by atoms with Crippen molar-refractivity contribution in [2.75, 3.05) is 6.61 Å². The van der Waals surface area contributed by atoms with Crippen molar-refractivity contribution in [3.05, 3.63) is 46.5 Å². The van der Waals surface area contributed by atoms with Gasteiger partial charge in [0.05, 0.1) is 24.5 Å². The number of imide groups is 1. The summed E-state index contributed by atoms with van der Waals surface area (Å²) in [5, 5.41) is 30.7. The van der Waals surface area contributed by atoms with Crippen LogP contribution in [0, 0.1) is 17.8 Å². The Labute approximate surface area is 225 Å². The van der Waals surface area contributed by atoms with Crippen LogP contribution in [-0.2, 0) is 14.2 Å². The predicted molar refractivity (Wildman–Crippen MR) is 146 cm³/mol. The van der Waals surface area contributed by atoms with Crippen molar-refractivity contribution < 1.29 is 29.5 Å². The fraction of sp³-hybridized carbons (Fsp3) is 0.600. The second-order valence-corrected chi connectivity index (χ2v) is 11.5. The van der Waals surface area contributed by atoms with E-state index in [0.717, 1.165) is 68.1 Å². The van der Waals surface area contributed by atoms with Crippen molar-refractivity contribution in [1.82, 2.24) is 4.90 Å². The first-order chi connectivity index (χ1) is 18.4. The van der Waals surface area contributed by atoms with Crippen molar-refractivity contribution in [2.24, 2.45) is 17.8 Å². The quantitative estimate of drug-likeness (QED) is 0.265. The van der Waals surface area contributed by atoms with Gasteiger partial charge in [0.1, 0.15) is 5.75 Å². The number of fused-ring (bicyclic) bond motifs is 3. The topological polar surface area (TPSA) is 107 Å². The monoisotopic (exact) mass is 521 g/mol. The van der Waals surface area contributed by atoms with E-state index in [2.05, 4.69) is 13.0 Å². The van der Waals surface area contributed by atoms with E-state index in [-0.39, 0.29) is 42.5 Å². The smallest absolute Gasteiger partial charge is 0.455 e. The molecular weight excluding hydrogens is 481 g/mol. The zero-order valence-corrected chi connectivity index (χ0v) is 22.3. The Kier molecular flexibility index (Phi) is 8.41. The Morgan fingerprint density at radius 3 is 2.50 bits per heavy atom. The summed E-state index contributed by atoms with van der Waals surface area (Å²) in [6, 6.07) is 7.10. The van der Waals surface area contributed by atoms with Crippen LogP contribution in [0.15, 0.2) is 41.0 Å². The molecule has 4 aliphatic rings. The Morgan fingerprint density at radius 2 is 1.82 bits per heavy atom. The van der Waals surface area contributed by atoms with Crippen molar-refractivity contribution in [3.8, 4) is 5.75 Å². The molecule has 8 heteroatoms. The molecule has 7 nitrogen and oxygen atoms in total. The number of hydrogen-bond donors (Lipinski definition) is 3. The van der Waals surface area contributed by atoms with Gasteiger partial charge in [-0.25, -0.2) is 0 Å². The third kappa shape index (κ3) is 5.36. The molecule has 5 rings (SSSR count). The van der Waals surface area contributed by atoms with Gasteiger partial charge in [0.25, 0.3) is 0 Å². The van der Waals surface area contributed by atoms with Crippen LogP contribution >= 0.6 is 0 Å². The van der Waals surface area contributed by atoms with Gasteiger partial charge < -0.3 is 19.9 Å². The summed E-state index contributed by atoms with van der Waals surface area (Å²) in [6.45, 7) is 1.97. The highest BCUT2D eigenvalue weighted by molar-refractivity contribution is 6.43. The maximum atomic E-state index is 13.8. The lowest BCUT2D eigenvalue weighted by Crippen LogP contribution is -2.47. The standard InChI is InChI=1S/C30H40BNO6/c1-2-6-19(15-20-9-12-23(34)13-10-20)11-14-26-27-21(18-33)16-24-28(25(27)17-31(37)38-26)30(36)32(29(24)35)22-7-4-3-5-8-22/h9-10,12-13,15,22,24-26,28,33-34,37H,2-8,11,14,16-18H2,1H3/b19-15+/t24-,25+,26-,28-/m1/s1. The maximum Gasteiger partial charge on any atom is 0.455 e. The van der Waals surface area contributed by atoms with Crippen LogP contribution in [-0.4, -0.2) is 57.8 Å². The van der Waals surface area contributed by atoms with Gasteiger partial charge in [0.2, 0.25) is 11.8 Å². The number of aromatic hydroxyl groups is 1. The molecule has 0 bridgehead atoms. The molecule has 2 amide bonds. The molecule has 0 unspecified atom stereocenters. The van der Waals surface area contributed by atoms with Gasteiger partial charge in [-0.2, -0.15) is 0 Å². The summed E-state index contributed by atoms with van der Waals surface area (Å²) in [4.78, 5) is 28.8. The van der Waals surface area contributed by atoms with Crippen LogP contribution in [0.25, 0.3) is 6.08 Å². The molecule has 2 aliphatic carbocycles. The molecule has 4 atom stereocenters. The van der Waals surface area contributed by atoms with E-state index in [0.29, 0.717) is 12.8 Å². The van der Waals surface area contributed by atoms with Crippen LogP contribution in [0.3, 0.4) is 0 Å². The second-order valence-electron chi connectivity index (χ2n) is 11.5. The van der Waals surface area contributed by atoms with Crippen LogP contribution in [0.2, 0.25) is 6.32 Å². The molecule has 0 aromatic heterocycles. The highest BCUT2D eigenvalue weighted by Gasteiger charge is 2.58. The van der Waals surface area contributed by atoms with Crippen molar-refractivity contribution in [1.29, 1.82) is 0 Å². The van der Waals surface area contributed by atoms with E-state index >= 15 is 0 Å². The molecule has 2 saturated heterocycles. The summed E-state index contributed by atoms with van der Waals surface area (Å²) in [6.07, 6.45) is 10.7. The molecule has 38 heavy (non-hydrogen) atoms. The lowest BCUT2D eigenvalue weighted by molar-refractivity contribution is -0.143. The summed E-state index contributed by atoms with van der Waals surface area (Å²) in [5.74, 6) is -1.15. The van der Waals surface area contributed by atoms with E-state index in [4.69, 9.17) is 4.65 Å². The van der Waals surface area contributed by atoms with Gasteiger partial charge in [0, 0.05) is 6.04 Å². The molecule has 0 radical (unpaired) electrons. The van der Waals surface area contributed by atoms with Crippen LogP contribution in [0.1, 0.15) is 76.7 Å². The minimum absolute atomic E-state index is 0.0161. The van der Waals surface area contributed by atoms with Gasteiger partial charge >= 0.3 is 7.12 Å². The van der Waals surface area contributed by atoms with E-state index < -0.39 is 25.1 Å². The van der Waals surface area contributed by atoms with Crippen LogP contribution < -0.4 is 0 Å². The average molecular weight is 521 g/mol. The summed E-state index contributed by atoms with van der Waals surface area (Å²) in [5.41, 5.74) is 4.00. The largest absolute Gasteiger partial charge is 0.508 e. The number of phenolic OH excluding ortho intramolecular Hbond substituents is 1. The molecule has 204 valence electrons.